The monoisotopic (exact) mass is 235 g/mol. The van der Waals surface area contributed by atoms with Crippen molar-refractivity contribution in [3.05, 3.63) is 23.1 Å². The second-order valence-electron chi connectivity index (χ2n) is 4.50. The minimum Gasteiger partial charge on any atom is -0.397 e. The largest absolute Gasteiger partial charge is 0.397 e. The molecule has 5 nitrogen and oxygen atoms in total. The normalized spacial score (nSPS) is 24.7. The Morgan fingerprint density at radius 2 is 2.00 bits per heavy atom. The van der Waals surface area contributed by atoms with E-state index in [2.05, 4.69) is 10.1 Å². The highest BCUT2D eigenvalue weighted by Gasteiger charge is 2.22. The molecule has 1 fully saturated rings. The van der Waals surface area contributed by atoms with Crippen molar-refractivity contribution in [1.82, 2.24) is 0 Å². The molecule has 1 aliphatic rings. The van der Waals surface area contributed by atoms with Gasteiger partial charge in [-0.3, -0.25) is 0 Å². The topological polar surface area (TPSA) is 67.9 Å². The van der Waals surface area contributed by atoms with E-state index in [-0.39, 0.29) is 12.2 Å². The van der Waals surface area contributed by atoms with Crippen LogP contribution in [-0.2, 0) is 4.74 Å². The van der Waals surface area contributed by atoms with E-state index in [9.17, 15) is 4.91 Å². The SMILES string of the molecule is C[C@@H]1CN(c2ccc(N=O)c(N)c2)C[C@H](C)O1. The van der Waals surface area contributed by atoms with Crippen LogP contribution in [0.1, 0.15) is 13.8 Å². The Morgan fingerprint density at radius 1 is 1.35 bits per heavy atom. The van der Waals surface area contributed by atoms with E-state index in [1.807, 2.05) is 19.9 Å². The van der Waals surface area contributed by atoms with Gasteiger partial charge in [0.25, 0.3) is 0 Å². The number of nitrogens with zero attached hydrogens (tertiary/aromatic N) is 2. The smallest absolute Gasteiger partial charge is 0.131 e. The van der Waals surface area contributed by atoms with Crippen LogP contribution in [0.3, 0.4) is 0 Å². The lowest BCUT2D eigenvalue weighted by Crippen LogP contribution is -2.45. The summed E-state index contributed by atoms with van der Waals surface area (Å²) in [5, 5.41) is 2.87. The van der Waals surface area contributed by atoms with E-state index in [0.29, 0.717) is 11.4 Å². The molecule has 0 spiro atoms. The quantitative estimate of drug-likeness (QED) is 0.630. The molecule has 0 radical (unpaired) electrons. The van der Waals surface area contributed by atoms with Gasteiger partial charge >= 0.3 is 0 Å². The Hall–Kier alpha value is -1.62. The van der Waals surface area contributed by atoms with E-state index in [1.165, 1.54) is 0 Å². The van der Waals surface area contributed by atoms with Crippen molar-refractivity contribution < 1.29 is 4.74 Å². The van der Waals surface area contributed by atoms with Gasteiger partial charge in [-0.2, -0.15) is 0 Å². The third kappa shape index (κ3) is 2.55. The molecule has 0 aliphatic carbocycles. The van der Waals surface area contributed by atoms with E-state index in [0.717, 1.165) is 18.8 Å². The number of benzene rings is 1. The second-order valence-corrected chi connectivity index (χ2v) is 4.50. The minimum atomic E-state index is 0.198. The molecule has 0 bridgehead atoms. The molecule has 0 saturated carbocycles. The molecule has 1 aliphatic heterocycles. The summed E-state index contributed by atoms with van der Waals surface area (Å²) in [5.74, 6) is 0. The predicted octanol–water partition coefficient (Wildman–Crippen LogP) is 2.28. The summed E-state index contributed by atoms with van der Waals surface area (Å²) in [4.78, 5) is 12.7. The van der Waals surface area contributed by atoms with Gasteiger partial charge < -0.3 is 15.4 Å². The summed E-state index contributed by atoms with van der Waals surface area (Å²) in [5.41, 5.74) is 7.48. The first kappa shape index (κ1) is 11.9. The Morgan fingerprint density at radius 3 is 2.53 bits per heavy atom. The van der Waals surface area contributed by atoms with E-state index >= 15 is 0 Å². The molecule has 1 saturated heterocycles. The van der Waals surface area contributed by atoms with Crippen LogP contribution >= 0.6 is 0 Å². The maximum Gasteiger partial charge on any atom is 0.131 e. The first-order valence-corrected chi connectivity index (χ1v) is 5.73. The number of ether oxygens (including phenoxy) is 1. The number of nitroso groups, excluding NO2 is 1. The lowest BCUT2D eigenvalue weighted by molar-refractivity contribution is -0.00521. The highest BCUT2D eigenvalue weighted by molar-refractivity contribution is 5.69. The standard InChI is InChI=1S/C12H17N3O2/c1-8-6-15(7-9(2)17-8)10-3-4-12(14-16)11(13)5-10/h3-5,8-9H,6-7,13H2,1-2H3/t8-,9+. The summed E-state index contributed by atoms with van der Waals surface area (Å²) in [6.07, 6.45) is 0.396. The molecule has 17 heavy (non-hydrogen) atoms. The molecule has 5 heteroatoms. The number of nitrogens with two attached hydrogens (primary N) is 1. The fourth-order valence-corrected chi connectivity index (χ4v) is 2.21. The molecule has 0 unspecified atom stereocenters. The molecular weight excluding hydrogens is 218 g/mol. The fraction of sp³-hybridized carbons (Fsp3) is 0.500. The van der Waals surface area contributed by atoms with Crippen LogP contribution in [0.15, 0.2) is 23.4 Å². The van der Waals surface area contributed by atoms with Gasteiger partial charge in [-0.15, -0.1) is 4.91 Å². The first-order valence-electron chi connectivity index (χ1n) is 5.73. The van der Waals surface area contributed by atoms with Crippen LogP contribution in [0.25, 0.3) is 0 Å². The fourth-order valence-electron chi connectivity index (χ4n) is 2.21. The van der Waals surface area contributed by atoms with Gasteiger partial charge in [-0.05, 0) is 37.2 Å². The first-order chi connectivity index (χ1) is 8.10. The third-order valence-electron chi connectivity index (χ3n) is 2.89. The van der Waals surface area contributed by atoms with E-state index in [1.54, 1.807) is 12.1 Å². The number of rotatable bonds is 2. The molecule has 0 aromatic heterocycles. The van der Waals surface area contributed by atoms with Crippen LogP contribution in [0, 0.1) is 4.91 Å². The lowest BCUT2D eigenvalue weighted by atomic mass is 10.1. The van der Waals surface area contributed by atoms with Gasteiger partial charge in [0, 0.05) is 18.8 Å². The zero-order valence-corrected chi connectivity index (χ0v) is 10.1. The number of anilines is 2. The number of hydrogen-bond donors (Lipinski definition) is 1. The van der Waals surface area contributed by atoms with Crippen LogP contribution < -0.4 is 10.6 Å². The molecule has 2 rings (SSSR count). The highest BCUT2D eigenvalue weighted by Crippen LogP contribution is 2.28. The summed E-state index contributed by atoms with van der Waals surface area (Å²) in [6, 6.07) is 5.32. The van der Waals surface area contributed by atoms with Crippen molar-refractivity contribution >= 4 is 17.1 Å². The Labute approximate surface area is 101 Å². The van der Waals surface area contributed by atoms with Gasteiger partial charge in [-0.1, -0.05) is 0 Å². The summed E-state index contributed by atoms with van der Waals surface area (Å²) >= 11 is 0. The predicted molar refractivity (Wildman–Crippen MR) is 68.5 cm³/mol. The second kappa shape index (κ2) is 4.71. The molecule has 2 N–H and O–H groups in total. The number of morpholine rings is 1. The van der Waals surface area contributed by atoms with Crippen molar-refractivity contribution in [3.63, 3.8) is 0 Å². The molecule has 1 aromatic rings. The van der Waals surface area contributed by atoms with Gasteiger partial charge in [0.1, 0.15) is 5.69 Å². The van der Waals surface area contributed by atoms with Crippen molar-refractivity contribution in [2.75, 3.05) is 23.7 Å². The van der Waals surface area contributed by atoms with E-state index < -0.39 is 0 Å². The molecule has 0 amide bonds. The van der Waals surface area contributed by atoms with Gasteiger partial charge in [0.2, 0.25) is 0 Å². The summed E-state index contributed by atoms with van der Waals surface area (Å²) < 4.78 is 5.67. The Balaban J connectivity index is 2.21. The molecule has 92 valence electrons. The molecule has 1 heterocycles. The molecular formula is C12H17N3O2. The van der Waals surface area contributed by atoms with Crippen LogP contribution in [0.2, 0.25) is 0 Å². The molecule has 2 atom stereocenters. The minimum absolute atomic E-state index is 0.198. The maximum atomic E-state index is 10.5. The van der Waals surface area contributed by atoms with Gasteiger partial charge in [0.05, 0.1) is 17.9 Å². The number of nitrogen functional groups attached to an aromatic ring is 1. The maximum absolute atomic E-state index is 10.5. The highest BCUT2D eigenvalue weighted by atomic mass is 16.5. The van der Waals surface area contributed by atoms with Crippen LogP contribution in [-0.4, -0.2) is 25.3 Å². The molecule has 1 aromatic carbocycles. The lowest BCUT2D eigenvalue weighted by Gasteiger charge is -2.37. The number of hydrogen-bond acceptors (Lipinski definition) is 5. The van der Waals surface area contributed by atoms with Crippen LogP contribution in [0.5, 0.6) is 0 Å². The summed E-state index contributed by atoms with van der Waals surface area (Å²) in [6.45, 7) is 5.76. The summed E-state index contributed by atoms with van der Waals surface area (Å²) in [7, 11) is 0. The Kier molecular flexibility index (Phi) is 3.28. The van der Waals surface area contributed by atoms with Gasteiger partial charge in [0.15, 0.2) is 0 Å². The Bertz CT molecular complexity index is 412. The third-order valence-corrected chi connectivity index (χ3v) is 2.89. The zero-order chi connectivity index (χ0) is 12.4. The van der Waals surface area contributed by atoms with Crippen molar-refractivity contribution in [2.24, 2.45) is 5.18 Å². The van der Waals surface area contributed by atoms with Crippen molar-refractivity contribution in [2.45, 2.75) is 26.1 Å². The van der Waals surface area contributed by atoms with Gasteiger partial charge in [-0.25, -0.2) is 0 Å². The van der Waals surface area contributed by atoms with Crippen LogP contribution in [0.4, 0.5) is 17.1 Å². The van der Waals surface area contributed by atoms with Crippen molar-refractivity contribution in [1.29, 1.82) is 0 Å². The average molecular weight is 235 g/mol. The zero-order valence-electron chi connectivity index (χ0n) is 10.1. The van der Waals surface area contributed by atoms with E-state index in [4.69, 9.17) is 10.5 Å². The van der Waals surface area contributed by atoms with Crippen molar-refractivity contribution in [3.8, 4) is 0 Å². The average Bonchev–Trinajstić information content (AvgIpc) is 2.27.